The number of hydrogen-bond donors (Lipinski definition) is 0. The molecule has 0 radical (unpaired) electrons. The van der Waals surface area contributed by atoms with E-state index in [9.17, 15) is 0 Å². The second-order valence-corrected chi connectivity index (χ2v) is 32.7. The Kier molecular flexibility index (Phi) is 15.8. The molecule has 0 aliphatic rings. The Bertz CT molecular complexity index is 3350. The van der Waals surface area contributed by atoms with Crippen LogP contribution in [-0.2, 0) is 43.3 Å². The first-order chi connectivity index (χ1) is 38.7. The highest BCUT2D eigenvalue weighted by atomic mass is 15.2. The fourth-order valence-corrected chi connectivity index (χ4v) is 11.5. The third kappa shape index (κ3) is 12.9. The predicted molar refractivity (Wildman–Crippen MR) is 371 cm³/mol. The maximum absolute atomic E-state index is 2.68. The van der Waals surface area contributed by atoms with Crippen LogP contribution in [0.2, 0.25) is 0 Å². The topological polar surface area (TPSA) is 6.48 Å². The van der Waals surface area contributed by atoms with Gasteiger partial charge in [-0.25, -0.2) is 0 Å². The van der Waals surface area contributed by atoms with Crippen LogP contribution in [0.15, 0.2) is 170 Å². The van der Waals surface area contributed by atoms with E-state index in [0.717, 1.165) is 34.1 Å². The maximum atomic E-state index is 2.68. The molecule has 0 saturated carbocycles. The van der Waals surface area contributed by atoms with Crippen molar-refractivity contribution in [2.45, 2.75) is 209 Å². The van der Waals surface area contributed by atoms with Crippen LogP contribution in [-0.4, -0.2) is 0 Å². The molecular weight excluding hydrogens is 1010 g/mol. The van der Waals surface area contributed by atoms with E-state index < -0.39 is 0 Å². The molecule has 0 aliphatic heterocycles. The van der Waals surface area contributed by atoms with Gasteiger partial charge < -0.3 is 9.80 Å². The molecule has 0 atom stereocenters. The third-order valence-electron chi connectivity index (χ3n) is 17.4. The van der Waals surface area contributed by atoms with Gasteiger partial charge in [-0.05, 0) is 171 Å². The Morgan fingerprint density at radius 1 is 0.190 bits per heavy atom. The Morgan fingerprint density at radius 2 is 0.393 bits per heavy atom. The first-order valence-corrected chi connectivity index (χ1v) is 31.1. The van der Waals surface area contributed by atoms with Gasteiger partial charge in [-0.1, -0.05) is 275 Å². The van der Waals surface area contributed by atoms with Crippen LogP contribution in [0.25, 0.3) is 43.8 Å². The zero-order valence-electron chi connectivity index (χ0n) is 56.1. The molecule has 0 heterocycles. The molecule has 0 aromatic heterocycles. The predicted octanol–water partition coefficient (Wildman–Crippen LogP) is 24.6. The minimum atomic E-state index is -0.133. The lowest BCUT2D eigenvalue weighted by Gasteiger charge is -2.37. The standard InChI is InChI=1S/C82H100N2/c1-75(2,3)57-41-58(76(4,5)6)46-65(45-57)83(66-47-59(77(7,8)9)42-60(48-66)78(10,11)12)73-69-37-35-56(54-33-29-26-30-34-54)40-72(69)74(70-38-36-55(39-71(70)73)53-31-27-25-28-32-53)84(67-49-61(79(13,14)15)43-62(50-67)80(16,17)18)68-51-63(81(19,20)21)44-64(52-68)82(22,23)24/h25-52H,1-24H3. The third-order valence-corrected chi connectivity index (χ3v) is 17.4. The summed E-state index contributed by atoms with van der Waals surface area (Å²) in [6, 6.07) is 66.7. The van der Waals surface area contributed by atoms with Crippen LogP contribution in [0.5, 0.6) is 0 Å². The van der Waals surface area contributed by atoms with Crippen LogP contribution in [0.3, 0.4) is 0 Å². The summed E-state index contributed by atoms with van der Waals surface area (Å²) in [7, 11) is 0. The van der Waals surface area contributed by atoms with Crippen molar-refractivity contribution < 1.29 is 0 Å². The van der Waals surface area contributed by atoms with Crippen molar-refractivity contribution in [1.29, 1.82) is 0 Å². The van der Waals surface area contributed by atoms with Gasteiger partial charge in [-0.2, -0.15) is 0 Å². The van der Waals surface area contributed by atoms with E-state index in [0.29, 0.717) is 0 Å². The first-order valence-electron chi connectivity index (χ1n) is 31.1. The number of benzene rings is 9. The summed E-state index contributed by atoms with van der Waals surface area (Å²) < 4.78 is 0. The van der Waals surface area contributed by atoms with E-state index in [1.54, 1.807) is 0 Å². The number of nitrogens with zero attached hydrogens (tertiary/aromatic N) is 2. The summed E-state index contributed by atoms with van der Waals surface area (Å²) in [5, 5.41) is 4.71. The maximum Gasteiger partial charge on any atom is 0.0620 e. The minimum Gasteiger partial charge on any atom is -0.309 e. The average Bonchev–Trinajstić information content (AvgIpc) is 0.829. The molecule has 2 nitrogen and oxygen atoms in total. The summed E-state index contributed by atoms with van der Waals surface area (Å²) in [6.45, 7) is 56.8. The van der Waals surface area contributed by atoms with Gasteiger partial charge in [0.25, 0.3) is 0 Å². The number of rotatable bonds is 8. The van der Waals surface area contributed by atoms with E-state index in [4.69, 9.17) is 0 Å². The Balaban J connectivity index is 1.62. The van der Waals surface area contributed by atoms with Crippen LogP contribution in [0.4, 0.5) is 34.1 Å². The minimum absolute atomic E-state index is 0.133. The molecule has 0 N–H and O–H groups in total. The van der Waals surface area contributed by atoms with Crippen LogP contribution < -0.4 is 9.80 Å². The fourth-order valence-electron chi connectivity index (χ4n) is 11.5. The van der Waals surface area contributed by atoms with Crippen LogP contribution >= 0.6 is 0 Å². The van der Waals surface area contributed by atoms with Gasteiger partial charge in [0.2, 0.25) is 0 Å². The molecule has 0 amide bonds. The summed E-state index contributed by atoms with van der Waals surface area (Å²) in [5.74, 6) is 0. The highest BCUT2D eigenvalue weighted by Gasteiger charge is 2.33. The Hall–Kier alpha value is -6.90. The lowest BCUT2D eigenvalue weighted by molar-refractivity contribution is 0.567. The summed E-state index contributed by atoms with van der Waals surface area (Å²) in [6.07, 6.45) is 0. The zero-order chi connectivity index (χ0) is 61.7. The lowest BCUT2D eigenvalue weighted by atomic mass is 9.79. The zero-order valence-corrected chi connectivity index (χ0v) is 56.1. The molecule has 9 aromatic carbocycles. The number of hydrogen-bond acceptors (Lipinski definition) is 2. The SMILES string of the molecule is CC(C)(C)c1cc(N(c2cc(C(C)(C)C)cc(C(C)(C)C)c2)c2c3ccc(-c4ccccc4)cc3c(N(c3cc(C(C)(C)C)cc(C(C)(C)C)c3)c3cc(C(C)(C)C)cc(C(C)(C)C)c3)c3ccc(-c4ccccc4)cc23)cc(C(C)(C)C)c1. The average molecular weight is 1110 g/mol. The largest absolute Gasteiger partial charge is 0.309 e. The van der Waals surface area contributed by atoms with Gasteiger partial charge in [0.05, 0.1) is 11.4 Å². The summed E-state index contributed by atoms with van der Waals surface area (Å²) in [5.41, 5.74) is 21.1. The van der Waals surface area contributed by atoms with Gasteiger partial charge in [0.15, 0.2) is 0 Å². The molecule has 84 heavy (non-hydrogen) atoms. The highest BCUT2D eigenvalue weighted by molar-refractivity contribution is 6.24. The first kappa shape index (κ1) is 61.7. The van der Waals surface area contributed by atoms with E-state index in [2.05, 4.69) is 346 Å². The van der Waals surface area contributed by atoms with Gasteiger partial charge in [0, 0.05) is 44.3 Å². The number of fused-ring (bicyclic) bond motifs is 2. The molecule has 0 aliphatic carbocycles. The van der Waals surface area contributed by atoms with Gasteiger partial charge >= 0.3 is 0 Å². The van der Waals surface area contributed by atoms with Crippen molar-refractivity contribution in [1.82, 2.24) is 0 Å². The van der Waals surface area contributed by atoms with Crippen molar-refractivity contribution in [2.75, 3.05) is 9.80 Å². The molecular formula is C82H100N2. The molecule has 0 fully saturated rings. The second-order valence-electron chi connectivity index (χ2n) is 32.7. The normalized spacial score (nSPS) is 13.2. The van der Waals surface area contributed by atoms with Crippen LogP contribution in [0, 0.1) is 0 Å². The van der Waals surface area contributed by atoms with Crippen molar-refractivity contribution in [3.63, 3.8) is 0 Å². The van der Waals surface area contributed by atoms with Crippen molar-refractivity contribution >= 4 is 55.7 Å². The van der Waals surface area contributed by atoms with Gasteiger partial charge in [-0.3, -0.25) is 0 Å². The Labute approximate surface area is 508 Å². The summed E-state index contributed by atoms with van der Waals surface area (Å²) >= 11 is 0. The fraction of sp³-hybridized carbons (Fsp3) is 0.390. The van der Waals surface area contributed by atoms with E-state index in [1.165, 1.54) is 88.3 Å². The lowest BCUT2D eigenvalue weighted by Crippen LogP contribution is -2.22. The molecule has 9 aromatic rings. The highest BCUT2D eigenvalue weighted by Crippen LogP contribution is 2.55. The molecule has 438 valence electrons. The van der Waals surface area contributed by atoms with E-state index >= 15 is 0 Å². The number of anilines is 6. The van der Waals surface area contributed by atoms with Crippen molar-refractivity contribution in [2.24, 2.45) is 0 Å². The van der Waals surface area contributed by atoms with Gasteiger partial charge in [0.1, 0.15) is 0 Å². The van der Waals surface area contributed by atoms with Crippen molar-refractivity contribution in [3.8, 4) is 22.3 Å². The summed E-state index contributed by atoms with van der Waals surface area (Å²) in [4.78, 5) is 5.36. The molecule has 0 saturated heterocycles. The van der Waals surface area contributed by atoms with Crippen LogP contribution in [0.1, 0.15) is 211 Å². The second kappa shape index (κ2) is 21.6. The molecule has 0 unspecified atom stereocenters. The van der Waals surface area contributed by atoms with Gasteiger partial charge in [-0.15, -0.1) is 0 Å². The molecule has 2 heteroatoms. The van der Waals surface area contributed by atoms with Crippen molar-refractivity contribution in [3.05, 3.63) is 214 Å². The molecule has 0 spiro atoms. The molecule has 9 rings (SSSR count). The van der Waals surface area contributed by atoms with E-state index in [-0.39, 0.29) is 43.3 Å². The monoisotopic (exact) mass is 1110 g/mol. The molecule has 0 bridgehead atoms. The Morgan fingerprint density at radius 3 is 0.583 bits per heavy atom. The quantitative estimate of drug-likeness (QED) is 0.111. The van der Waals surface area contributed by atoms with E-state index in [1.807, 2.05) is 0 Å². The smallest absolute Gasteiger partial charge is 0.0620 e.